The maximum atomic E-state index is 12.1. The van der Waals surface area contributed by atoms with E-state index in [0.29, 0.717) is 22.5 Å². The molecule has 4 N–H and O–H groups in total. The summed E-state index contributed by atoms with van der Waals surface area (Å²) in [6, 6.07) is 13.6. The second-order valence-electron chi connectivity index (χ2n) is 6.27. The van der Waals surface area contributed by atoms with Crippen molar-refractivity contribution < 1.29 is 14.4 Å². The number of benzene rings is 2. The van der Waals surface area contributed by atoms with E-state index in [1.807, 2.05) is 13.8 Å². The minimum absolute atomic E-state index is 0.0484. The Morgan fingerprint density at radius 2 is 1.59 bits per heavy atom. The van der Waals surface area contributed by atoms with Crippen LogP contribution in [0.2, 0.25) is 0 Å². The third-order valence-electron chi connectivity index (χ3n) is 3.66. The standard InChI is InChI=1S/C20H24N4O3/c1-13(2)23-20(27)14-7-9-16(10-8-14)24-18(25)12-22-17-6-4-5-15(11-17)19(26)21-3/h4-11,13,22H,12H2,1-3H3,(H,21,26)(H,23,27)(H,24,25). The van der Waals surface area contributed by atoms with Crippen LogP contribution in [0.25, 0.3) is 0 Å². The smallest absolute Gasteiger partial charge is 0.251 e. The van der Waals surface area contributed by atoms with Gasteiger partial charge in [-0.1, -0.05) is 6.07 Å². The van der Waals surface area contributed by atoms with E-state index in [1.54, 1.807) is 55.6 Å². The van der Waals surface area contributed by atoms with E-state index in [0.717, 1.165) is 0 Å². The highest BCUT2D eigenvalue weighted by molar-refractivity contribution is 5.97. The first-order chi connectivity index (χ1) is 12.9. The fraction of sp³-hybridized carbons (Fsp3) is 0.250. The Bertz CT molecular complexity index is 816. The lowest BCUT2D eigenvalue weighted by Gasteiger charge is -2.10. The largest absolute Gasteiger partial charge is 0.376 e. The molecule has 0 radical (unpaired) electrons. The van der Waals surface area contributed by atoms with Gasteiger partial charge in [0.1, 0.15) is 0 Å². The molecule has 0 saturated heterocycles. The molecule has 7 heteroatoms. The maximum Gasteiger partial charge on any atom is 0.251 e. The summed E-state index contributed by atoms with van der Waals surface area (Å²) in [7, 11) is 1.56. The molecule has 0 aliphatic carbocycles. The number of hydrogen-bond acceptors (Lipinski definition) is 4. The summed E-state index contributed by atoms with van der Waals surface area (Å²) >= 11 is 0. The zero-order valence-corrected chi connectivity index (χ0v) is 15.6. The molecule has 0 spiro atoms. The summed E-state index contributed by atoms with van der Waals surface area (Å²) in [4.78, 5) is 35.6. The second-order valence-corrected chi connectivity index (χ2v) is 6.27. The van der Waals surface area contributed by atoms with E-state index in [2.05, 4.69) is 21.3 Å². The van der Waals surface area contributed by atoms with Crippen molar-refractivity contribution in [1.29, 1.82) is 0 Å². The molecule has 0 aliphatic rings. The van der Waals surface area contributed by atoms with Crippen molar-refractivity contribution in [2.75, 3.05) is 24.2 Å². The first kappa shape index (κ1) is 20.0. The lowest BCUT2D eigenvalue weighted by atomic mass is 10.2. The summed E-state index contributed by atoms with van der Waals surface area (Å²) in [5, 5.41) is 11.1. The molecule has 0 heterocycles. The van der Waals surface area contributed by atoms with Crippen molar-refractivity contribution in [3.8, 4) is 0 Å². The van der Waals surface area contributed by atoms with Gasteiger partial charge < -0.3 is 21.3 Å². The molecular formula is C20H24N4O3. The molecule has 0 unspecified atom stereocenters. The Morgan fingerprint density at radius 3 is 2.22 bits per heavy atom. The van der Waals surface area contributed by atoms with Crippen molar-refractivity contribution in [2.24, 2.45) is 0 Å². The van der Waals surface area contributed by atoms with Gasteiger partial charge in [0.05, 0.1) is 6.54 Å². The number of nitrogens with one attached hydrogen (secondary N) is 4. The normalized spacial score (nSPS) is 10.2. The molecule has 0 bridgehead atoms. The molecule has 7 nitrogen and oxygen atoms in total. The molecule has 2 rings (SSSR count). The number of carbonyl (C=O) groups is 3. The minimum Gasteiger partial charge on any atom is -0.376 e. The maximum absolute atomic E-state index is 12.1. The van der Waals surface area contributed by atoms with E-state index in [-0.39, 0.29) is 30.3 Å². The van der Waals surface area contributed by atoms with Crippen molar-refractivity contribution >= 4 is 29.1 Å². The average Bonchev–Trinajstić information content (AvgIpc) is 2.66. The van der Waals surface area contributed by atoms with Crippen LogP contribution in [0.15, 0.2) is 48.5 Å². The van der Waals surface area contributed by atoms with Crippen molar-refractivity contribution in [3.63, 3.8) is 0 Å². The van der Waals surface area contributed by atoms with E-state index in [9.17, 15) is 14.4 Å². The van der Waals surface area contributed by atoms with Crippen LogP contribution in [0, 0.1) is 0 Å². The van der Waals surface area contributed by atoms with Crippen LogP contribution in [-0.4, -0.2) is 37.4 Å². The Balaban J connectivity index is 1.89. The number of amides is 3. The summed E-state index contributed by atoms with van der Waals surface area (Å²) in [6.07, 6.45) is 0. The van der Waals surface area contributed by atoms with Gasteiger partial charge in [0.15, 0.2) is 0 Å². The first-order valence-corrected chi connectivity index (χ1v) is 8.66. The molecule has 27 heavy (non-hydrogen) atoms. The van der Waals surface area contributed by atoms with Crippen LogP contribution < -0.4 is 21.3 Å². The zero-order chi connectivity index (χ0) is 19.8. The summed E-state index contributed by atoms with van der Waals surface area (Å²) in [5.41, 5.74) is 2.32. The van der Waals surface area contributed by atoms with Gasteiger partial charge in [-0.15, -0.1) is 0 Å². The third-order valence-corrected chi connectivity index (χ3v) is 3.66. The lowest BCUT2D eigenvalue weighted by Crippen LogP contribution is -2.30. The quantitative estimate of drug-likeness (QED) is 0.602. The average molecular weight is 368 g/mol. The molecule has 0 fully saturated rings. The van der Waals surface area contributed by atoms with Gasteiger partial charge in [-0.2, -0.15) is 0 Å². The van der Waals surface area contributed by atoms with Gasteiger partial charge >= 0.3 is 0 Å². The van der Waals surface area contributed by atoms with Crippen LogP contribution >= 0.6 is 0 Å². The van der Waals surface area contributed by atoms with Gasteiger partial charge in [-0.3, -0.25) is 14.4 Å². The Hall–Kier alpha value is -3.35. The van der Waals surface area contributed by atoms with Crippen LogP contribution in [0.3, 0.4) is 0 Å². The topological polar surface area (TPSA) is 99.3 Å². The molecule has 2 aromatic carbocycles. The van der Waals surface area contributed by atoms with Gasteiger partial charge in [0.25, 0.3) is 11.8 Å². The number of anilines is 2. The third kappa shape index (κ3) is 6.14. The number of carbonyl (C=O) groups excluding carboxylic acids is 3. The fourth-order valence-electron chi connectivity index (χ4n) is 2.35. The second kappa shape index (κ2) is 9.38. The van der Waals surface area contributed by atoms with Crippen molar-refractivity contribution in [3.05, 3.63) is 59.7 Å². The minimum atomic E-state index is -0.236. The first-order valence-electron chi connectivity index (χ1n) is 8.66. The highest BCUT2D eigenvalue weighted by Gasteiger charge is 2.08. The number of rotatable bonds is 7. The SMILES string of the molecule is CNC(=O)c1cccc(NCC(=O)Nc2ccc(C(=O)NC(C)C)cc2)c1. The molecular weight excluding hydrogens is 344 g/mol. The lowest BCUT2D eigenvalue weighted by molar-refractivity contribution is -0.114. The van der Waals surface area contributed by atoms with E-state index in [1.165, 1.54) is 0 Å². The Labute approximate surface area is 158 Å². The predicted molar refractivity (Wildman–Crippen MR) is 106 cm³/mol. The molecule has 2 aromatic rings. The van der Waals surface area contributed by atoms with Crippen LogP contribution in [0.1, 0.15) is 34.6 Å². The highest BCUT2D eigenvalue weighted by Crippen LogP contribution is 2.12. The molecule has 0 atom stereocenters. The van der Waals surface area contributed by atoms with E-state index < -0.39 is 0 Å². The Kier molecular flexibility index (Phi) is 6.93. The van der Waals surface area contributed by atoms with Crippen molar-refractivity contribution in [1.82, 2.24) is 10.6 Å². The summed E-state index contributed by atoms with van der Waals surface area (Å²) < 4.78 is 0. The van der Waals surface area contributed by atoms with E-state index in [4.69, 9.17) is 0 Å². The highest BCUT2D eigenvalue weighted by atomic mass is 16.2. The molecule has 0 aliphatic heterocycles. The monoisotopic (exact) mass is 368 g/mol. The fourth-order valence-corrected chi connectivity index (χ4v) is 2.35. The van der Waals surface area contributed by atoms with Gasteiger partial charge in [0.2, 0.25) is 5.91 Å². The Morgan fingerprint density at radius 1 is 0.889 bits per heavy atom. The van der Waals surface area contributed by atoms with Crippen LogP contribution in [0.5, 0.6) is 0 Å². The molecule has 0 aromatic heterocycles. The molecule has 3 amide bonds. The number of hydrogen-bond donors (Lipinski definition) is 4. The summed E-state index contributed by atoms with van der Waals surface area (Å²) in [5.74, 6) is -0.579. The molecule has 142 valence electrons. The van der Waals surface area contributed by atoms with Gasteiger partial charge in [-0.25, -0.2) is 0 Å². The predicted octanol–water partition coefficient (Wildman–Crippen LogP) is 2.23. The molecule has 0 saturated carbocycles. The van der Waals surface area contributed by atoms with Crippen LogP contribution in [-0.2, 0) is 4.79 Å². The zero-order valence-electron chi connectivity index (χ0n) is 15.6. The van der Waals surface area contributed by atoms with Gasteiger partial charge in [-0.05, 0) is 56.3 Å². The van der Waals surface area contributed by atoms with Crippen molar-refractivity contribution in [2.45, 2.75) is 19.9 Å². The van der Waals surface area contributed by atoms with E-state index >= 15 is 0 Å². The van der Waals surface area contributed by atoms with Gasteiger partial charge in [0, 0.05) is 35.6 Å². The van der Waals surface area contributed by atoms with Crippen LogP contribution in [0.4, 0.5) is 11.4 Å². The summed E-state index contributed by atoms with van der Waals surface area (Å²) in [6.45, 7) is 3.83.